The first-order valence-corrected chi connectivity index (χ1v) is 6.63. The van der Waals surface area contributed by atoms with Gasteiger partial charge in [0.2, 0.25) is 0 Å². The highest BCUT2D eigenvalue weighted by molar-refractivity contribution is 6.32. The maximum Gasteiger partial charge on any atom is 0.197 e. The van der Waals surface area contributed by atoms with Crippen molar-refractivity contribution >= 4 is 23.2 Å². The van der Waals surface area contributed by atoms with Crippen molar-refractivity contribution in [2.45, 2.75) is 13.8 Å². The standard InChI is InChI=1S/C12H8Cl2O4.C2H6/c13-9-5-7(15)1-3-11(9)17-18-12-4-2-8(16)6-10(12)14;1-2/h1-6,15-16H;1-2H3. The summed E-state index contributed by atoms with van der Waals surface area (Å²) in [6.45, 7) is 4.00. The lowest BCUT2D eigenvalue weighted by molar-refractivity contribution is -0.0997. The molecule has 0 saturated heterocycles. The molecule has 0 saturated carbocycles. The molecule has 0 aromatic heterocycles. The van der Waals surface area contributed by atoms with Gasteiger partial charge < -0.3 is 10.2 Å². The van der Waals surface area contributed by atoms with Crippen molar-refractivity contribution in [1.29, 1.82) is 0 Å². The lowest BCUT2D eigenvalue weighted by Gasteiger charge is -2.08. The highest BCUT2D eigenvalue weighted by Gasteiger charge is 2.08. The molecule has 2 aromatic carbocycles. The SMILES string of the molecule is CC.Oc1ccc(OOc2ccc(O)cc2Cl)c(Cl)c1. The van der Waals surface area contributed by atoms with Gasteiger partial charge >= 0.3 is 0 Å². The third-order valence-corrected chi connectivity index (χ3v) is 2.64. The van der Waals surface area contributed by atoms with E-state index in [0.29, 0.717) is 0 Å². The Morgan fingerprint density at radius 2 is 1.10 bits per heavy atom. The average Bonchev–Trinajstić information content (AvgIpc) is 2.42. The first kappa shape index (κ1) is 16.3. The Labute approximate surface area is 127 Å². The molecule has 0 heterocycles. The largest absolute Gasteiger partial charge is 0.508 e. The number of aromatic hydroxyl groups is 2. The lowest BCUT2D eigenvalue weighted by atomic mass is 10.3. The van der Waals surface area contributed by atoms with Crippen molar-refractivity contribution < 1.29 is 20.0 Å². The minimum Gasteiger partial charge on any atom is -0.508 e. The van der Waals surface area contributed by atoms with Gasteiger partial charge in [-0.05, 0) is 24.3 Å². The van der Waals surface area contributed by atoms with E-state index in [0.717, 1.165) is 0 Å². The van der Waals surface area contributed by atoms with Crippen LogP contribution in [0.4, 0.5) is 0 Å². The second-order valence-corrected chi connectivity index (χ2v) is 4.21. The Bertz CT molecular complexity index is 522. The first-order valence-electron chi connectivity index (χ1n) is 5.88. The van der Waals surface area contributed by atoms with Crippen molar-refractivity contribution in [1.82, 2.24) is 0 Å². The van der Waals surface area contributed by atoms with E-state index < -0.39 is 0 Å². The zero-order chi connectivity index (χ0) is 15.1. The summed E-state index contributed by atoms with van der Waals surface area (Å²) < 4.78 is 0. The number of halogens is 2. The number of benzene rings is 2. The molecule has 0 aliphatic rings. The summed E-state index contributed by atoms with van der Waals surface area (Å²) in [5.74, 6) is 0.516. The van der Waals surface area contributed by atoms with Gasteiger partial charge in [0.1, 0.15) is 11.5 Å². The van der Waals surface area contributed by atoms with E-state index in [1.807, 2.05) is 13.8 Å². The molecule has 0 bridgehead atoms. The lowest BCUT2D eigenvalue weighted by Crippen LogP contribution is -2.01. The Hall–Kier alpha value is -1.78. The molecule has 2 N–H and O–H groups in total. The molecule has 0 spiro atoms. The van der Waals surface area contributed by atoms with E-state index >= 15 is 0 Å². The predicted molar refractivity (Wildman–Crippen MR) is 78.8 cm³/mol. The molecular weight excluding hydrogens is 303 g/mol. The molecule has 6 heteroatoms. The Morgan fingerprint density at radius 1 is 0.750 bits per heavy atom. The Morgan fingerprint density at radius 3 is 1.40 bits per heavy atom. The highest BCUT2D eigenvalue weighted by atomic mass is 35.5. The van der Waals surface area contributed by atoms with Crippen molar-refractivity contribution in [3.8, 4) is 23.0 Å². The fourth-order valence-electron chi connectivity index (χ4n) is 1.20. The van der Waals surface area contributed by atoms with Crippen LogP contribution in [0.5, 0.6) is 23.0 Å². The molecule has 0 radical (unpaired) electrons. The summed E-state index contributed by atoms with van der Waals surface area (Å²) in [6, 6.07) is 8.35. The minimum absolute atomic E-state index is 0.0232. The van der Waals surface area contributed by atoms with Crippen LogP contribution in [0.15, 0.2) is 36.4 Å². The van der Waals surface area contributed by atoms with E-state index in [2.05, 4.69) is 0 Å². The maximum absolute atomic E-state index is 9.17. The predicted octanol–water partition coefficient (Wildman–Crippen LogP) is 4.80. The van der Waals surface area contributed by atoms with Crippen LogP contribution in [0.1, 0.15) is 13.8 Å². The van der Waals surface area contributed by atoms with Gasteiger partial charge in [0.05, 0.1) is 10.0 Å². The summed E-state index contributed by atoms with van der Waals surface area (Å²) >= 11 is 11.6. The molecule has 0 unspecified atom stereocenters. The molecule has 0 fully saturated rings. The smallest absolute Gasteiger partial charge is 0.197 e. The monoisotopic (exact) mass is 316 g/mol. The van der Waals surface area contributed by atoms with Crippen molar-refractivity contribution in [2.75, 3.05) is 0 Å². The number of phenolic OH excluding ortho intramolecular Hbond substituents is 2. The van der Waals surface area contributed by atoms with Gasteiger partial charge in [-0.25, -0.2) is 0 Å². The second kappa shape index (κ2) is 7.72. The molecule has 0 amide bonds. The van der Waals surface area contributed by atoms with Crippen LogP contribution in [0.25, 0.3) is 0 Å². The van der Waals surface area contributed by atoms with Crippen LogP contribution < -0.4 is 9.78 Å². The van der Waals surface area contributed by atoms with Crippen LogP contribution in [-0.4, -0.2) is 10.2 Å². The van der Waals surface area contributed by atoms with Gasteiger partial charge in [-0.3, -0.25) is 9.78 Å². The van der Waals surface area contributed by atoms with E-state index in [9.17, 15) is 0 Å². The first-order chi connectivity index (χ1) is 9.56. The van der Waals surface area contributed by atoms with Crippen LogP contribution in [0.2, 0.25) is 10.0 Å². The Balaban J connectivity index is 0.000000956. The molecule has 0 aliphatic carbocycles. The minimum atomic E-state index is 0.0232. The van der Waals surface area contributed by atoms with Gasteiger partial charge in [-0.2, -0.15) is 0 Å². The summed E-state index contributed by atoms with van der Waals surface area (Å²) in [5, 5.41) is 18.7. The average molecular weight is 317 g/mol. The van der Waals surface area contributed by atoms with Crippen molar-refractivity contribution in [3.05, 3.63) is 46.4 Å². The van der Waals surface area contributed by atoms with Crippen molar-refractivity contribution in [2.24, 2.45) is 0 Å². The fraction of sp³-hybridized carbons (Fsp3) is 0.143. The van der Waals surface area contributed by atoms with E-state index in [4.69, 9.17) is 43.2 Å². The van der Waals surface area contributed by atoms with Gasteiger partial charge in [0, 0.05) is 12.1 Å². The van der Waals surface area contributed by atoms with E-state index in [1.54, 1.807) is 0 Å². The van der Waals surface area contributed by atoms with Gasteiger partial charge in [0.25, 0.3) is 0 Å². The van der Waals surface area contributed by atoms with Gasteiger partial charge in [-0.1, -0.05) is 37.0 Å². The molecule has 0 atom stereocenters. The molecule has 0 aliphatic heterocycles. The number of phenols is 2. The molecule has 4 nitrogen and oxygen atoms in total. The number of hydrogen-bond donors (Lipinski definition) is 2. The molecular formula is C14H14Cl2O4. The fourth-order valence-corrected chi connectivity index (χ4v) is 1.62. The van der Waals surface area contributed by atoms with Crippen LogP contribution in [0, 0.1) is 0 Å². The second-order valence-electron chi connectivity index (χ2n) is 3.40. The van der Waals surface area contributed by atoms with Gasteiger partial charge in [0.15, 0.2) is 11.5 Å². The van der Waals surface area contributed by atoms with Crippen LogP contribution in [0.3, 0.4) is 0 Å². The van der Waals surface area contributed by atoms with Crippen LogP contribution >= 0.6 is 23.2 Å². The zero-order valence-electron chi connectivity index (χ0n) is 10.9. The third kappa shape index (κ3) is 4.40. The van der Waals surface area contributed by atoms with Crippen LogP contribution in [-0.2, 0) is 0 Å². The molecule has 2 aromatic rings. The summed E-state index contributed by atoms with van der Waals surface area (Å²) in [6.07, 6.45) is 0. The topological polar surface area (TPSA) is 58.9 Å². The summed E-state index contributed by atoms with van der Waals surface area (Å²) in [5.41, 5.74) is 0. The van der Waals surface area contributed by atoms with E-state index in [-0.39, 0.29) is 33.0 Å². The quantitative estimate of drug-likeness (QED) is 0.630. The highest BCUT2D eigenvalue weighted by Crippen LogP contribution is 2.31. The molecule has 108 valence electrons. The zero-order valence-corrected chi connectivity index (χ0v) is 12.4. The Kier molecular flexibility index (Phi) is 6.28. The number of hydrogen-bond acceptors (Lipinski definition) is 4. The summed E-state index contributed by atoms with van der Waals surface area (Å²) in [7, 11) is 0. The van der Waals surface area contributed by atoms with Crippen molar-refractivity contribution in [3.63, 3.8) is 0 Å². The number of rotatable bonds is 3. The maximum atomic E-state index is 9.17. The van der Waals surface area contributed by atoms with E-state index in [1.165, 1.54) is 36.4 Å². The van der Waals surface area contributed by atoms with Gasteiger partial charge in [-0.15, -0.1) is 0 Å². The third-order valence-electron chi connectivity index (χ3n) is 2.05. The normalized spacial score (nSPS) is 9.40. The molecule has 20 heavy (non-hydrogen) atoms. The molecule has 2 rings (SSSR count). The summed E-state index contributed by atoms with van der Waals surface area (Å²) in [4.78, 5) is 9.98.